The molecule has 0 radical (unpaired) electrons. The van der Waals surface area contributed by atoms with Crippen LogP contribution in [0.1, 0.15) is 27.7 Å². The first-order valence-corrected chi connectivity index (χ1v) is 10.5. The first-order valence-electron chi connectivity index (χ1n) is 10.1. The molecule has 0 bridgehead atoms. The van der Waals surface area contributed by atoms with E-state index >= 15 is 0 Å². The largest absolute Gasteiger partial charge is 0.493 e. The first-order chi connectivity index (χ1) is 16.5. The van der Waals surface area contributed by atoms with Gasteiger partial charge in [0.25, 0.3) is 5.91 Å². The number of fused-ring (bicyclic) bond motifs is 2. The Bertz CT molecular complexity index is 1460. The number of nitrogens with zero attached hydrogens (tertiary/aromatic N) is 3. The summed E-state index contributed by atoms with van der Waals surface area (Å²) in [4.78, 5) is 37.1. The number of carbonyl (C=O) groups excluding carboxylic acids is 1. The molecule has 10 heteroatoms. The number of methoxy groups -OCH3 is 3. The number of hydrogen-bond donors (Lipinski definition) is 0. The molecule has 1 unspecified atom stereocenters. The van der Waals surface area contributed by atoms with Crippen LogP contribution in [0.25, 0.3) is 11.0 Å². The third-order valence-corrected chi connectivity index (χ3v) is 5.84. The van der Waals surface area contributed by atoms with E-state index in [0.717, 1.165) is 0 Å². The Balaban J connectivity index is 1.84. The molecular weight excluding hydrogens is 462 g/mol. The fourth-order valence-electron chi connectivity index (χ4n) is 4.14. The van der Waals surface area contributed by atoms with E-state index < -0.39 is 11.9 Å². The molecule has 0 fully saturated rings. The van der Waals surface area contributed by atoms with Crippen molar-refractivity contribution in [1.29, 1.82) is 0 Å². The van der Waals surface area contributed by atoms with Crippen LogP contribution in [0.5, 0.6) is 17.2 Å². The Labute approximate surface area is 198 Å². The van der Waals surface area contributed by atoms with Crippen molar-refractivity contribution in [2.24, 2.45) is 0 Å². The Kier molecular flexibility index (Phi) is 5.33. The van der Waals surface area contributed by atoms with Gasteiger partial charge in [0.1, 0.15) is 5.58 Å². The molecule has 9 nitrogen and oxygen atoms in total. The van der Waals surface area contributed by atoms with Gasteiger partial charge in [0.05, 0.1) is 38.3 Å². The van der Waals surface area contributed by atoms with E-state index in [0.29, 0.717) is 27.8 Å². The van der Waals surface area contributed by atoms with Gasteiger partial charge in [0, 0.05) is 17.4 Å². The van der Waals surface area contributed by atoms with Crippen molar-refractivity contribution in [3.63, 3.8) is 0 Å². The molecule has 0 saturated heterocycles. The monoisotopic (exact) mass is 479 g/mol. The number of amides is 1. The van der Waals surface area contributed by atoms with Gasteiger partial charge in [0.15, 0.2) is 16.9 Å². The molecule has 2 aromatic heterocycles. The van der Waals surface area contributed by atoms with Crippen LogP contribution in [-0.4, -0.2) is 37.2 Å². The third-order valence-electron chi connectivity index (χ3n) is 5.60. The normalized spacial score (nSPS) is 14.9. The maximum atomic E-state index is 13.7. The van der Waals surface area contributed by atoms with Gasteiger partial charge >= 0.3 is 0 Å². The average Bonchev–Trinajstić information content (AvgIpc) is 3.16. The summed E-state index contributed by atoms with van der Waals surface area (Å²) in [5.41, 5.74) is 0.523. The number of ether oxygens (including phenoxy) is 3. The second-order valence-corrected chi connectivity index (χ2v) is 7.84. The zero-order chi connectivity index (χ0) is 24.0. The van der Waals surface area contributed by atoms with Gasteiger partial charge in [-0.25, -0.2) is 9.97 Å². The SMILES string of the molecule is COc1cc(C2c3c(oc4ccc(Cl)cc4c3=O)C(=O)N2c2ncccn2)cc(OC)c1OC. The second kappa shape index (κ2) is 8.35. The highest BCUT2D eigenvalue weighted by atomic mass is 35.5. The number of aromatic nitrogens is 2. The standard InChI is InChI=1S/C24H18ClN3O6/c1-31-16-9-12(10-17(32-2)21(16)33-3)19-18-20(29)14-11-13(25)5-6-15(14)34-22(18)23(30)28(19)24-26-7-4-8-27-24/h4-11,19H,1-3H3. The van der Waals surface area contributed by atoms with Gasteiger partial charge < -0.3 is 18.6 Å². The van der Waals surface area contributed by atoms with Crippen LogP contribution < -0.4 is 24.5 Å². The van der Waals surface area contributed by atoms with Crippen LogP contribution in [0.15, 0.2) is 58.0 Å². The van der Waals surface area contributed by atoms with Gasteiger partial charge in [0.2, 0.25) is 17.5 Å². The molecule has 4 aromatic rings. The van der Waals surface area contributed by atoms with Gasteiger partial charge in [-0.3, -0.25) is 14.5 Å². The van der Waals surface area contributed by atoms with E-state index in [1.54, 1.807) is 30.3 Å². The lowest BCUT2D eigenvalue weighted by Gasteiger charge is -2.24. The molecule has 5 rings (SSSR count). The minimum atomic E-state index is -0.918. The minimum Gasteiger partial charge on any atom is -0.493 e. The fraction of sp³-hybridized carbons (Fsp3) is 0.167. The number of hydrogen-bond acceptors (Lipinski definition) is 8. The number of halogens is 1. The summed E-state index contributed by atoms with van der Waals surface area (Å²) in [7, 11) is 4.45. The predicted molar refractivity (Wildman–Crippen MR) is 124 cm³/mol. The Morgan fingerprint density at radius 3 is 2.26 bits per heavy atom. The second-order valence-electron chi connectivity index (χ2n) is 7.40. The molecule has 34 heavy (non-hydrogen) atoms. The lowest BCUT2D eigenvalue weighted by Crippen LogP contribution is -2.31. The van der Waals surface area contributed by atoms with Crippen molar-refractivity contribution in [3.8, 4) is 17.2 Å². The van der Waals surface area contributed by atoms with Crippen molar-refractivity contribution in [1.82, 2.24) is 9.97 Å². The first kappa shape index (κ1) is 21.7. The average molecular weight is 480 g/mol. The maximum absolute atomic E-state index is 13.7. The number of anilines is 1. The lowest BCUT2D eigenvalue weighted by molar-refractivity contribution is 0.0969. The summed E-state index contributed by atoms with van der Waals surface area (Å²) >= 11 is 6.14. The smallest absolute Gasteiger partial charge is 0.297 e. The highest BCUT2D eigenvalue weighted by Crippen LogP contribution is 2.45. The third kappa shape index (κ3) is 3.24. The van der Waals surface area contributed by atoms with Crippen molar-refractivity contribution in [2.75, 3.05) is 26.2 Å². The molecule has 1 aliphatic rings. The summed E-state index contributed by atoms with van der Waals surface area (Å²) in [6.45, 7) is 0. The number of benzene rings is 2. The van der Waals surface area contributed by atoms with E-state index in [4.69, 9.17) is 30.2 Å². The minimum absolute atomic E-state index is 0.0916. The van der Waals surface area contributed by atoms with E-state index in [9.17, 15) is 9.59 Å². The number of rotatable bonds is 5. The maximum Gasteiger partial charge on any atom is 0.297 e. The zero-order valence-corrected chi connectivity index (χ0v) is 19.1. The topological polar surface area (TPSA) is 104 Å². The molecule has 2 aromatic carbocycles. The van der Waals surface area contributed by atoms with Gasteiger partial charge in [-0.15, -0.1) is 0 Å². The van der Waals surface area contributed by atoms with Gasteiger partial charge in [-0.1, -0.05) is 11.6 Å². The molecule has 1 aliphatic heterocycles. The van der Waals surface area contributed by atoms with Crippen molar-refractivity contribution >= 4 is 34.4 Å². The zero-order valence-electron chi connectivity index (χ0n) is 18.4. The Hall–Kier alpha value is -4.11. The van der Waals surface area contributed by atoms with E-state index in [-0.39, 0.29) is 33.7 Å². The summed E-state index contributed by atoms with van der Waals surface area (Å²) in [5, 5.41) is 0.629. The predicted octanol–water partition coefficient (Wildman–Crippen LogP) is 4.01. The van der Waals surface area contributed by atoms with Crippen molar-refractivity contribution in [2.45, 2.75) is 6.04 Å². The Morgan fingerprint density at radius 2 is 1.65 bits per heavy atom. The molecule has 3 heterocycles. The van der Waals surface area contributed by atoms with Crippen LogP contribution in [-0.2, 0) is 0 Å². The van der Waals surface area contributed by atoms with Crippen LogP contribution in [0, 0.1) is 0 Å². The Morgan fingerprint density at radius 1 is 0.971 bits per heavy atom. The number of carbonyl (C=O) groups is 1. The van der Waals surface area contributed by atoms with Crippen LogP contribution in [0.4, 0.5) is 5.95 Å². The van der Waals surface area contributed by atoms with E-state index in [1.165, 1.54) is 44.7 Å². The molecule has 1 amide bonds. The van der Waals surface area contributed by atoms with Gasteiger partial charge in [-0.05, 0) is 42.0 Å². The fourth-order valence-corrected chi connectivity index (χ4v) is 4.31. The highest BCUT2D eigenvalue weighted by molar-refractivity contribution is 6.31. The van der Waals surface area contributed by atoms with E-state index in [2.05, 4.69) is 9.97 Å². The van der Waals surface area contributed by atoms with Crippen molar-refractivity contribution < 1.29 is 23.4 Å². The van der Waals surface area contributed by atoms with Crippen molar-refractivity contribution in [3.05, 3.63) is 80.9 Å². The van der Waals surface area contributed by atoms with Crippen LogP contribution >= 0.6 is 11.6 Å². The summed E-state index contributed by atoms with van der Waals surface area (Å²) in [5.74, 6) is 0.567. The summed E-state index contributed by atoms with van der Waals surface area (Å²) < 4.78 is 22.3. The molecule has 0 aliphatic carbocycles. The van der Waals surface area contributed by atoms with Crippen LogP contribution in [0.2, 0.25) is 5.02 Å². The van der Waals surface area contributed by atoms with E-state index in [1.807, 2.05) is 0 Å². The molecule has 172 valence electrons. The molecule has 0 spiro atoms. The van der Waals surface area contributed by atoms with Gasteiger partial charge in [-0.2, -0.15) is 0 Å². The molecule has 0 saturated carbocycles. The highest BCUT2D eigenvalue weighted by Gasteiger charge is 2.45. The lowest BCUT2D eigenvalue weighted by atomic mass is 9.97. The molecule has 1 atom stereocenters. The summed E-state index contributed by atoms with van der Waals surface area (Å²) in [6, 6.07) is 8.72. The van der Waals surface area contributed by atoms with Crippen LogP contribution in [0.3, 0.4) is 0 Å². The molecule has 0 N–H and O–H groups in total. The molecular formula is C24H18ClN3O6. The summed E-state index contributed by atoms with van der Waals surface area (Å²) in [6.07, 6.45) is 3.02. The quantitative estimate of drug-likeness (QED) is 0.423.